The van der Waals surface area contributed by atoms with Crippen LogP contribution >= 0.6 is 23.2 Å². The summed E-state index contributed by atoms with van der Waals surface area (Å²) < 4.78 is 26.4. The highest BCUT2D eigenvalue weighted by molar-refractivity contribution is 7.92. The molecule has 6 nitrogen and oxygen atoms in total. The van der Waals surface area contributed by atoms with Crippen molar-refractivity contribution in [3.8, 4) is 0 Å². The lowest BCUT2D eigenvalue weighted by atomic mass is 10.3. The van der Waals surface area contributed by atoms with E-state index in [1.54, 1.807) is 0 Å². The van der Waals surface area contributed by atoms with Gasteiger partial charge in [-0.25, -0.2) is 23.1 Å². The molecule has 1 heterocycles. The highest BCUT2D eigenvalue weighted by Gasteiger charge is 2.19. The van der Waals surface area contributed by atoms with Gasteiger partial charge in [-0.15, -0.1) is 0 Å². The van der Waals surface area contributed by atoms with Crippen molar-refractivity contribution < 1.29 is 8.42 Å². The molecule has 9 heteroatoms. The first-order valence-electron chi connectivity index (χ1n) is 4.95. The number of hydrogen-bond acceptors (Lipinski definition) is 5. The molecule has 1 aromatic carbocycles. The molecule has 0 aliphatic heterocycles. The van der Waals surface area contributed by atoms with E-state index in [0.717, 1.165) is 0 Å². The van der Waals surface area contributed by atoms with Crippen molar-refractivity contribution in [2.45, 2.75) is 4.90 Å². The van der Waals surface area contributed by atoms with Crippen molar-refractivity contribution in [3.63, 3.8) is 0 Å². The van der Waals surface area contributed by atoms with Crippen molar-refractivity contribution in [1.29, 1.82) is 0 Å². The second-order valence-corrected chi connectivity index (χ2v) is 5.97. The Bertz CT molecular complexity index is 721. The highest BCUT2D eigenvalue weighted by Crippen LogP contribution is 2.24. The molecular formula is C10H8Cl2N4O2S. The van der Waals surface area contributed by atoms with Crippen LogP contribution in [0.1, 0.15) is 0 Å². The average Bonchev–Trinajstić information content (AvgIpc) is 2.31. The summed E-state index contributed by atoms with van der Waals surface area (Å²) >= 11 is 11.4. The molecule has 0 bridgehead atoms. The van der Waals surface area contributed by atoms with Crippen LogP contribution in [-0.4, -0.2) is 18.4 Å². The molecule has 100 valence electrons. The Balaban J connectivity index is 2.40. The number of nitrogens with two attached hydrogens (primary N) is 1. The highest BCUT2D eigenvalue weighted by atomic mass is 35.5. The molecule has 19 heavy (non-hydrogen) atoms. The van der Waals surface area contributed by atoms with Crippen LogP contribution in [0.15, 0.2) is 35.4 Å². The van der Waals surface area contributed by atoms with E-state index < -0.39 is 10.0 Å². The maximum Gasteiger partial charge on any atom is 0.266 e. The topological polar surface area (TPSA) is 98.0 Å². The number of aromatic nitrogens is 2. The van der Waals surface area contributed by atoms with Crippen molar-refractivity contribution in [3.05, 3.63) is 40.6 Å². The molecule has 0 fully saturated rings. The fourth-order valence-corrected chi connectivity index (χ4v) is 2.78. The standard InChI is InChI=1S/C10H8Cl2N4O2S/c11-6-1-2-7(13)8(5-6)19(17,18)16-10-14-4-3-9(12)15-10/h1-5H,13H2,(H,14,15,16). The summed E-state index contributed by atoms with van der Waals surface area (Å²) in [4.78, 5) is 7.32. The van der Waals surface area contributed by atoms with Gasteiger partial charge in [0.2, 0.25) is 5.95 Å². The Kier molecular flexibility index (Phi) is 3.79. The van der Waals surface area contributed by atoms with Gasteiger partial charge in [0, 0.05) is 11.2 Å². The zero-order chi connectivity index (χ0) is 14.0. The molecule has 0 amide bonds. The van der Waals surface area contributed by atoms with Crippen LogP contribution in [0.3, 0.4) is 0 Å². The normalized spacial score (nSPS) is 11.3. The molecule has 3 N–H and O–H groups in total. The molecular weight excluding hydrogens is 311 g/mol. The van der Waals surface area contributed by atoms with Crippen molar-refractivity contribution >= 4 is 44.9 Å². The van der Waals surface area contributed by atoms with Gasteiger partial charge < -0.3 is 5.73 Å². The second kappa shape index (κ2) is 5.20. The van der Waals surface area contributed by atoms with Gasteiger partial charge in [0.05, 0.1) is 5.69 Å². The Morgan fingerprint density at radius 1 is 1.21 bits per heavy atom. The number of benzene rings is 1. The van der Waals surface area contributed by atoms with Crippen LogP contribution in [0.25, 0.3) is 0 Å². The summed E-state index contributed by atoms with van der Waals surface area (Å²) in [6.07, 6.45) is 1.33. The third-order valence-electron chi connectivity index (χ3n) is 2.11. The maximum absolute atomic E-state index is 12.1. The SMILES string of the molecule is Nc1ccc(Cl)cc1S(=O)(=O)Nc1nccc(Cl)n1. The van der Waals surface area contributed by atoms with Crippen LogP contribution in [0.4, 0.5) is 11.6 Å². The average molecular weight is 319 g/mol. The molecule has 0 spiro atoms. The predicted molar refractivity (Wildman–Crippen MR) is 73.7 cm³/mol. The molecule has 0 saturated carbocycles. The van der Waals surface area contributed by atoms with Crippen LogP contribution in [0.2, 0.25) is 10.2 Å². The number of nitrogens with one attached hydrogen (secondary N) is 1. The third kappa shape index (κ3) is 3.25. The Morgan fingerprint density at radius 3 is 2.63 bits per heavy atom. The minimum atomic E-state index is -3.93. The fourth-order valence-electron chi connectivity index (χ4n) is 1.30. The number of halogens is 2. The van der Waals surface area contributed by atoms with E-state index in [2.05, 4.69) is 14.7 Å². The lowest BCUT2D eigenvalue weighted by molar-refractivity contribution is 0.601. The first-order chi connectivity index (χ1) is 8.88. The van der Waals surface area contributed by atoms with Crippen molar-refractivity contribution in [1.82, 2.24) is 9.97 Å². The zero-order valence-corrected chi connectivity index (χ0v) is 11.7. The second-order valence-electron chi connectivity index (χ2n) is 3.49. The van der Waals surface area contributed by atoms with Crippen LogP contribution in [0.5, 0.6) is 0 Å². The van der Waals surface area contributed by atoms with Gasteiger partial charge in [0.25, 0.3) is 10.0 Å². The first kappa shape index (κ1) is 13.9. The maximum atomic E-state index is 12.1. The molecule has 0 aliphatic rings. The zero-order valence-electron chi connectivity index (χ0n) is 9.34. The Morgan fingerprint density at radius 2 is 1.95 bits per heavy atom. The number of anilines is 2. The number of hydrogen-bond donors (Lipinski definition) is 2. The molecule has 1 aromatic heterocycles. The molecule has 0 radical (unpaired) electrons. The van der Waals surface area contributed by atoms with Crippen molar-refractivity contribution in [2.24, 2.45) is 0 Å². The monoisotopic (exact) mass is 318 g/mol. The summed E-state index contributed by atoms with van der Waals surface area (Å²) in [5, 5.41) is 0.369. The van der Waals surface area contributed by atoms with Gasteiger partial charge in [-0.2, -0.15) is 0 Å². The smallest absolute Gasteiger partial charge is 0.266 e. The minimum absolute atomic E-state index is 0.0685. The molecule has 2 aromatic rings. The Labute approximate surface area is 119 Å². The largest absolute Gasteiger partial charge is 0.398 e. The molecule has 0 unspecified atom stereocenters. The summed E-state index contributed by atoms with van der Waals surface area (Å²) in [5.74, 6) is -0.146. The summed E-state index contributed by atoms with van der Waals surface area (Å²) in [6.45, 7) is 0. The number of nitrogen functional groups attached to an aromatic ring is 1. The summed E-state index contributed by atoms with van der Waals surface area (Å²) in [6, 6.07) is 5.55. The Hall–Kier alpha value is -1.57. The lowest BCUT2D eigenvalue weighted by Gasteiger charge is -2.09. The summed E-state index contributed by atoms with van der Waals surface area (Å²) in [7, 11) is -3.93. The first-order valence-corrected chi connectivity index (χ1v) is 7.19. The number of rotatable bonds is 3. The number of sulfonamides is 1. The molecule has 0 atom stereocenters. The van der Waals surface area contributed by atoms with Gasteiger partial charge in [0.1, 0.15) is 10.0 Å². The van der Waals surface area contributed by atoms with E-state index in [4.69, 9.17) is 28.9 Å². The third-order valence-corrected chi connectivity index (χ3v) is 3.94. The summed E-state index contributed by atoms with van der Waals surface area (Å²) in [5.41, 5.74) is 5.68. The predicted octanol–water partition coefficient (Wildman–Crippen LogP) is 2.17. The van der Waals surface area contributed by atoms with E-state index >= 15 is 0 Å². The lowest BCUT2D eigenvalue weighted by Crippen LogP contribution is -2.16. The van der Waals surface area contributed by atoms with E-state index in [-0.39, 0.29) is 26.7 Å². The van der Waals surface area contributed by atoms with E-state index in [1.807, 2.05) is 0 Å². The molecule has 0 saturated heterocycles. The van der Waals surface area contributed by atoms with Gasteiger partial charge in [-0.1, -0.05) is 23.2 Å². The van der Waals surface area contributed by atoms with Crippen molar-refractivity contribution in [2.75, 3.05) is 10.5 Å². The minimum Gasteiger partial charge on any atom is -0.398 e. The van der Waals surface area contributed by atoms with Crippen LogP contribution < -0.4 is 10.5 Å². The quantitative estimate of drug-likeness (QED) is 0.667. The molecule has 0 aliphatic carbocycles. The van der Waals surface area contributed by atoms with E-state index in [1.165, 1.54) is 30.5 Å². The van der Waals surface area contributed by atoms with Gasteiger partial charge in [0.15, 0.2) is 0 Å². The molecule has 2 rings (SSSR count). The van der Waals surface area contributed by atoms with Crippen LogP contribution in [-0.2, 0) is 10.0 Å². The fraction of sp³-hybridized carbons (Fsp3) is 0. The van der Waals surface area contributed by atoms with Gasteiger partial charge in [-0.05, 0) is 24.3 Å². The van der Waals surface area contributed by atoms with Crippen LogP contribution in [0, 0.1) is 0 Å². The van der Waals surface area contributed by atoms with E-state index in [0.29, 0.717) is 0 Å². The van der Waals surface area contributed by atoms with Gasteiger partial charge >= 0.3 is 0 Å². The van der Waals surface area contributed by atoms with Gasteiger partial charge in [-0.3, -0.25) is 0 Å². The van der Waals surface area contributed by atoms with E-state index in [9.17, 15) is 8.42 Å². The number of nitrogens with zero attached hydrogens (tertiary/aromatic N) is 2.